The first-order valence-electron chi connectivity index (χ1n) is 13.3. The standard InChI is InChI=1S/C29H45NO11/c1-19(2)16-37-24(32)36-13-12-29(30,23(31)35-9)15-20-10-11-21(40-25(33)38-17-27(3,4)5)22(14-20)41-26(34)39-18-28(6,7)8/h10-11,14,19H,12-13,15-18,30H2,1-9H3. The molecule has 0 bridgehead atoms. The van der Waals surface area contributed by atoms with E-state index >= 15 is 0 Å². The van der Waals surface area contributed by atoms with E-state index in [-0.39, 0.29) is 67.5 Å². The molecule has 0 saturated heterocycles. The van der Waals surface area contributed by atoms with Crippen molar-refractivity contribution in [2.75, 3.05) is 33.5 Å². The van der Waals surface area contributed by atoms with Crippen molar-refractivity contribution in [3.63, 3.8) is 0 Å². The van der Waals surface area contributed by atoms with Gasteiger partial charge in [0.1, 0.15) is 5.54 Å². The first-order valence-corrected chi connectivity index (χ1v) is 13.3. The summed E-state index contributed by atoms with van der Waals surface area (Å²) in [6.07, 6.45) is -3.10. The molecule has 0 aliphatic rings. The topological polar surface area (TPSA) is 159 Å². The summed E-state index contributed by atoms with van der Waals surface area (Å²) in [5.41, 5.74) is 4.58. The van der Waals surface area contributed by atoms with Crippen LogP contribution in [-0.2, 0) is 34.9 Å². The number of nitrogens with two attached hydrogens (primary N) is 1. The third kappa shape index (κ3) is 14.6. The van der Waals surface area contributed by atoms with E-state index in [0.717, 1.165) is 0 Å². The number of hydrogen-bond donors (Lipinski definition) is 1. The second kappa shape index (κ2) is 15.5. The van der Waals surface area contributed by atoms with Crippen LogP contribution in [0.2, 0.25) is 0 Å². The molecule has 2 N–H and O–H groups in total. The molecule has 1 atom stereocenters. The molecule has 0 aliphatic heterocycles. The normalized spacial score (nSPS) is 13.0. The number of esters is 1. The van der Waals surface area contributed by atoms with Crippen LogP contribution in [-0.4, -0.2) is 63.5 Å². The van der Waals surface area contributed by atoms with Gasteiger partial charge in [0.2, 0.25) is 0 Å². The van der Waals surface area contributed by atoms with Crippen LogP contribution in [0, 0.1) is 16.7 Å². The Kier molecular flexibility index (Phi) is 13.4. The van der Waals surface area contributed by atoms with Gasteiger partial charge in [0.05, 0.1) is 33.5 Å². The molecule has 0 spiro atoms. The van der Waals surface area contributed by atoms with Gasteiger partial charge in [0, 0.05) is 12.8 Å². The Balaban J connectivity index is 3.16. The summed E-state index contributed by atoms with van der Waals surface area (Å²) >= 11 is 0. The highest BCUT2D eigenvalue weighted by Gasteiger charge is 2.36. The van der Waals surface area contributed by atoms with E-state index in [2.05, 4.69) is 0 Å². The van der Waals surface area contributed by atoms with Crippen LogP contribution < -0.4 is 15.2 Å². The molecule has 0 aromatic heterocycles. The molecule has 41 heavy (non-hydrogen) atoms. The van der Waals surface area contributed by atoms with Crippen molar-refractivity contribution in [3.8, 4) is 11.5 Å². The smallest absolute Gasteiger partial charge is 0.468 e. The van der Waals surface area contributed by atoms with Crippen molar-refractivity contribution in [2.45, 2.75) is 73.8 Å². The van der Waals surface area contributed by atoms with Crippen LogP contribution in [0.15, 0.2) is 18.2 Å². The molecule has 0 fully saturated rings. The fourth-order valence-corrected chi connectivity index (χ4v) is 3.04. The molecule has 0 heterocycles. The Morgan fingerprint density at radius 1 is 0.780 bits per heavy atom. The van der Waals surface area contributed by atoms with Gasteiger partial charge in [-0.15, -0.1) is 0 Å². The number of methoxy groups -OCH3 is 1. The van der Waals surface area contributed by atoms with Gasteiger partial charge in [-0.1, -0.05) is 61.5 Å². The van der Waals surface area contributed by atoms with E-state index < -0.39 is 30.0 Å². The lowest BCUT2D eigenvalue weighted by molar-refractivity contribution is -0.147. The van der Waals surface area contributed by atoms with Crippen LogP contribution in [0.25, 0.3) is 0 Å². The van der Waals surface area contributed by atoms with Gasteiger partial charge >= 0.3 is 24.4 Å². The minimum absolute atomic E-state index is 0.0726. The molecule has 12 heteroatoms. The van der Waals surface area contributed by atoms with Crippen LogP contribution >= 0.6 is 0 Å². The van der Waals surface area contributed by atoms with Crippen molar-refractivity contribution in [3.05, 3.63) is 23.8 Å². The summed E-state index contributed by atoms with van der Waals surface area (Å²) < 4.78 is 35.9. The summed E-state index contributed by atoms with van der Waals surface area (Å²) in [6.45, 7) is 15.2. The van der Waals surface area contributed by atoms with Gasteiger partial charge in [-0.05, 0) is 34.4 Å². The maximum Gasteiger partial charge on any atom is 0.513 e. The summed E-state index contributed by atoms with van der Waals surface area (Å²) in [5, 5.41) is 0. The number of ether oxygens (including phenoxy) is 7. The van der Waals surface area contributed by atoms with Gasteiger partial charge in [0.25, 0.3) is 0 Å². The van der Waals surface area contributed by atoms with Crippen LogP contribution in [0.3, 0.4) is 0 Å². The Labute approximate surface area is 242 Å². The highest BCUT2D eigenvalue weighted by molar-refractivity contribution is 5.81. The molecular weight excluding hydrogens is 538 g/mol. The predicted molar refractivity (Wildman–Crippen MR) is 149 cm³/mol. The predicted octanol–water partition coefficient (Wildman–Crippen LogP) is 5.42. The Hall–Kier alpha value is -3.54. The maximum absolute atomic E-state index is 12.6. The Morgan fingerprint density at radius 3 is 1.80 bits per heavy atom. The van der Waals surface area contributed by atoms with Gasteiger partial charge in [-0.3, -0.25) is 4.79 Å². The number of carbonyl (C=O) groups is 4. The summed E-state index contributed by atoms with van der Waals surface area (Å²) in [4.78, 5) is 49.2. The minimum Gasteiger partial charge on any atom is -0.468 e. The van der Waals surface area contributed by atoms with E-state index in [1.807, 2.05) is 55.4 Å². The van der Waals surface area contributed by atoms with E-state index in [0.29, 0.717) is 5.56 Å². The molecule has 1 rings (SSSR count). The van der Waals surface area contributed by atoms with Crippen molar-refractivity contribution in [1.29, 1.82) is 0 Å². The summed E-state index contributed by atoms with van der Waals surface area (Å²) in [5.74, 6) is -0.900. The average Bonchev–Trinajstić information content (AvgIpc) is 2.85. The van der Waals surface area contributed by atoms with Crippen molar-refractivity contribution >= 4 is 24.4 Å². The molecule has 1 aromatic carbocycles. The van der Waals surface area contributed by atoms with Gasteiger partial charge in [-0.25, -0.2) is 14.4 Å². The molecule has 1 aromatic rings. The zero-order valence-electron chi connectivity index (χ0n) is 25.6. The first-order chi connectivity index (χ1) is 18.8. The van der Waals surface area contributed by atoms with Crippen molar-refractivity contribution in [2.24, 2.45) is 22.5 Å². The monoisotopic (exact) mass is 583 g/mol. The lowest BCUT2D eigenvalue weighted by Gasteiger charge is -2.26. The quantitative estimate of drug-likeness (QED) is 0.189. The van der Waals surface area contributed by atoms with Crippen LogP contribution in [0.5, 0.6) is 11.5 Å². The summed E-state index contributed by atoms with van der Waals surface area (Å²) in [6, 6.07) is 4.28. The first kappa shape index (κ1) is 35.5. The van der Waals surface area contributed by atoms with E-state index in [4.69, 9.17) is 38.9 Å². The second-order valence-corrected chi connectivity index (χ2v) is 12.6. The molecule has 0 saturated carbocycles. The lowest BCUT2D eigenvalue weighted by atomic mass is 9.88. The molecule has 0 aliphatic carbocycles. The van der Waals surface area contributed by atoms with Gasteiger partial charge in [0.15, 0.2) is 11.5 Å². The van der Waals surface area contributed by atoms with E-state index in [9.17, 15) is 19.2 Å². The molecular formula is C29H45NO11. The van der Waals surface area contributed by atoms with Crippen molar-refractivity contribution < 1.29 is 52.3 Å². The highest BCUT2D eigenvalue weighted by Crippen LogP contribution is 2.32. The number of hydrogen-bond acceptors (Lipinski definition) is 12. The van der Waals surface area contributed by atoms with Crippen molar-refractivity contribution in [1.82, 2.24) is 0 Å². The molecule has 1 unspecified atom stereocenters. The fourth-order valence-electron chi connectivity index (χ4n) is 3.04. The second-order valence-electron chi connectivity index (χ2n) is 12.6. The Bertz CT molecular complexity index is 1040. The van der Waals surface area contributed by atoms with E-state index in [1.165, 1.54) is 25.3 Å². The minimum atomic E-state index is -1.62. The van der Waals surface area contributed by atoms with E-state index in [1.54, 1.807) is 0 Å². The Morgan fingerprint density at radius 2 is 1.32 bits per heavy atom. The summed E-state index contributed by atoms with van der Waals surface area (Å²) in [7, 11) is 1.18. The van der Waals surface area contributed by atoms with Crippen LogP contribution in [0.4, 0.5) is 14.4 Å². The zero-order valence-corrected chi connectivity index (χ0v) is 25.6. The fraction of sp³-hybridized carbons (Fsp3) is 0.655. The largest absolute Gasteiger partial charge is 0.513 e. The zero-order chi connectivity index (χ0) is 31.4. The van der Waals surface area contributed by atoms with Crippen LogP contribution in [0.1, 0.15) is 67.4 Å². The number of rotatable bonds is 12. The SMILES string of the molecule is COC(=O)C(N)(CCOC(=O)OCC(C)C)Cc1ccc(OC(=O)OCC(C)(C)C)c(OC(=O)OCC(C)(C)C)c1. The average molecular weight is 584 g/mol. The lowest BCUT2D eigenvalue weighted by Crippen LogP contribution is -2.51. The third-order valence-electron chi connectivity index (χ3n) is 5.05. The maximum atomic E-state index is 12.6. The molecule has 12 nitrogen and oxygen atoms in total. The highest BCUT2D eigenvalue weighted by atomic mass is 16.7. The molecule has 0 radical (unpaired) electrons. The number of carbonyl (C=O) groups excluding carboxylic acids is 4. The van der Waals surface area contributed by atoms with Gasteiger partial charge < -0.3 is 38.9 Å². The molecule has 232 valence electrons. The van der Waals surface area contributed by atoms with Gasteiger partial charge in [-0.2, -0.15) is 0 Å². The molecule has 0 amide bonds. The number of benzene rings is 1. The third-order valence-corrected chi connectivity index (χ3v) is 5.05.